The Bertz CT molecular complexity index is 1380. The molecule has 8 heteroatoms. The summed E-state index contributed by atoms with van der Waals surface area (Å²) in [4.78, 5) is 2.23. The van der Waals surface area contributed by atoms with Crippen LogP contribution in [0.3, 0.4) is 0 Å². The van der Waals surface area contributed by atoms with Crippen molar-refractivity contribution >= 4 is 36.9 Å². The van der Waals surface area contributed by atoms with Crippen LogP contribution in [0.5, 0.6) is 11.5 Å². The van der Waals surface area contributed by atoms with Crippen molar-refractivity contribution in [3.05, 3.63) is 78.4 Å². The minimum Gasteiger partial charge on any atom is -0.497 e. The van der Waals surface area contributed by atoms with Crippen LogP contribution in [0.25, 0.3) is 22.2 Å². The summed E-state index contributed by atoms with van der Waals surface area (Å²) in [5.74, 6) is 1.14. The first kappa shape index (κ1) is 24.3. The number of ether oxygens (including phenoxy) is 2. The second kappa shape index (κ2) is 10.2. The van der Waals surface area contributed by atoms with Gasteiger partial charge < -0.3 is 14.4 Å². The van der Waals surface area contributed by atoms with E-state index >= 15 is 0 Å². The highest BCUT2D eigenvalue weighted by atomic mass is 79.9. The number of nitrogens with zero attached hydrogens (tertiary/aromatic N) is 2. The molecular weight excluding hydrogens is 516 g/mol. The first-order valence-electron chi connectivity index (χ1n) is 10.8. The van der Waals surface area contributed by atoms with Crippen molar-refractivity contribution in [2.75, 3.05) is 34.4 Å². The lowest BCUT2D eigenvalue weighted by atomic mass is 10.1. The predicted octanol–water partition coefficient (Wildman–Crippen LogP) is 5.39. The van der Waals surface area contributed by atoms with Crippen molar-refractivity contribution in [1.29, 1.82) is 0 Å². The van der Waals surface area contributed by atoms with Crippen LogP contribution in [0.1, 0.15) is 5.56 Å². The Hall–Kier alpha value is -2.81. The van der Waals surface area contributed by atoms with E-state index in [1.54, 1.807) is 31.4 Å². The number of methoxy groups -OCH3 is 1. The van der Waals surface area contributed by atoms with Crippen molar-refractivity contribution in [2.24, 2.45) is 0 Å². The molecule has 0 amide bonds. The molecule has 4 aromatic rings. The Kier molecular flexibility index (Phi) is 7.30. The number of halogens is 1. The zero-order valence-corrected chi connectivity index (χ0v) is 21.8. The van der Waals surface area contributed by atoms with Gasteiger partial charge in [0.2, 0.25) is 0 Å². The van der Waals surface area contributed by atoms with Gasteiger partial charge in [-0.3, -0.25) is 0 Å². The zero-order valence-electron chi connectivity index (χ0n) is 19.4. The number of hydrogen-bond acceptors (Lipinski definition) is 5. The molecule has 0 saturated carbocycles. The second-order valence-electron chi connectivity index (χ2n) is 8.13. The van der Waals surface area contributed by atoms with E-state index in [0.29, 0.717) is 46.6 Å². The van der Waals surface area contributed by atoms with Gasteiger partial charge in [0.1, 0.15) is 18.1 Å². The summed E-state index contributed by atoms with van der Waals surface area (Å²) >= 11 is 3.42. The van der Waals surface area contributed by atoms with E-state index in [9.17, 15) is 8.42 Å². The van der Waals surface area contributed by atoms with E-state index in [2.05, 4.69) is 15.9 Å². The maximum Gasteiger partial charge on any atom is 0.268 e. The molecular formula is C26H27BrN2O4S. The van der Waals surface area contributed by atoms with E-state index < -0.39 is 10.0 Å². The molecule has 0 saturated heterocycles. The number of benzene rings is 3. The fourth-order valence-corrected chi connectivity index (χ4v) is 5.68. The largest absolute Gasteiger partial charge is 0.497 e. The average molecular weight is 543 g/mol. The summed E-state index contributed by atoms with van der Waals surface area (Å²) in [6.07, 6.45) is 0. The minimum atomic E-state index is -3.94. The van der Waals surface area contributed by atoms with Crippen LogP contribution in [-0.4, -0.2) is 51.6 Å². The molecule has 0 aliphatic heterocycles. The summed E-state index contributed by atoms with van der Waals surface area (Å²) in [7, 11) is 1.58. The van der Waals surface area contributed by atoms with Crippen LogP contribution in [0.15, 0.2) is 77.7 Å². The molecule has 6 nitrogen and oxygen atoms in total. The molecule has 4 rings (SSSR count). The molecule has 1 aromatic heterocycles. The van der Waals surface area contributed by atoms with Crippen molar-refractivity contribution in [2.45, 2.75) is 10.2 Å². The molecule has 0 aliphatic rings. The number of likely N-dealkylation sites (N-methyl/N-ethyl adjacent to an activating group) is 1. The van der Waals surface area contributed by atoms with Crippen LogP contribution in [-0.2, 0) is 15.4 Å². The highest BCUT2D eigenvalue weighted by Gasteiger charge is 2.29. The van der Waals surface area contributed by atoms with E-state index in [1.165, 1.54) is 3.97 Å². The first-order valence-corrected chi connectivity index (χ1v) is 13.4. The van der Waals surface area contributed by atoms with Gasteiger partial charge in [-0.05, 0) is 50.0 Å². The van der Waals surface area contributed by atoms with Gasteiger partial charge >= 0.3 is 0 Å². The van der Waals surface area contributed by atoms with Gasteiger partial charge in [-0.1, -0.05) is 58.4 Å². The van der Waals surface area contributed by atoms with Crippen molar-refractivity contribution in [1.82, 2.24) is 8.87 Å². The van der Waals surface area contributed by atoms with Gasteiger partial charge in [-0.15, -0.1) is 0 Å². The fourth-order valence-electron chi connectivity index (χ4n) is 3.77. The second-order valence-corrected chi connectivity index (χ2v) is 10.5. The molecule has 0 unspecified atom stereocenters. The van der Waals surface area contributed by atoms with Gasteiger partial charge in [0.15, 0.2) is 5.75 Å². The average Bonchev–Trinajstić information content (AvgIpc) is 3.18. The molecule has 0 N–H and O–H groups in total. The molecule has 0 fully saturated rings. The fraction of sp³-hybridized carbons (Fsp3) is 0.231. The summed E-state index contributed by atoms with van der Waals surface area (Å²) in [5, 5.41) is 1.33. The Balaban J connectivity index is 2.03. The number of fused-ring (bicyclic) bond motifs is 1. The summed E-state index contributed by atoms with van der Waals surface area (Å²) < 4.78 is 41.2. The first-order chi connectivity index (χ1) is 16.4. The SMILES string of the molecule is COc1ccc2c(c1)c(OCCN(C)C)c(-c1ccccc1)n2S(=O)(=O)c1ccc(CBr)cc1. The van der Waals surface area contributed by atoms with E-state index in [-0.39, 0.29) is 4.90 Å². The van der Waals surface area contributed by atoms with Gasteiger partial charge in [0.25, 0.3) is 10.0 Å². The highest BCUT2D eigenvalue weighted by Crippen LogP contribution is 2.43. The Labute approximate surface area is 208 Å². The number of alkyl halides is 1. The molecule has 34 heavy (non-hydrogen) atoms. The topological polar surface area (TPSA) is 60.8 Å². The maximum atomic E-state index is 14.0. The van der Waals surface area contributed by atoms with Crippen LogP contribution in [0.4, 0.5) is 0 Å². The van der Waals surface area contributed by atoms with Crippen LogP contribution in [0, 0.1) is 0 Å². The van der Waals surface area contributed by atoms with E-state index in [1.807, 2.05) is 67.5 Å². The Morgan fingerprint density at radius 2 is 1.68 bits per heavy atom. The van der Waals surface area contributed by atoms with Crippen LogP contribution < -0.4 is 9.47 Å². The third-order valence-corrected chi connectivity index (χ3v) is 7.91. The maximum absolute atomic E-state index is 14.0. The summed E-state index contributed by atoms with van der Waals surface area (Å²) in [6, 6.07) is 21.7. The smallest absolute Gasteiger partial charge is 0.268 e. The monoisotopic (exact) mass is 542 g/mol. The van der Waals surface area contributed by atoms with Gasteiger partial charge in [0.05, 0.1) is 17.5 Å². The molecule has 3 aromatic carbocycles. The molecule has 178 valence electrons. The van der Waals surface area contributed by atoms with Gasteiger partial charge in [-0.2, -0.15) is 0 Å². The van der Waals surface area contributed by atoms with Crippen molar-refractivity contribution < 1.29 is 17.9 Å². The molecule has 0 bridgehead atoms. The predicted molar refractivity (Wildman–Crippen MR) is 140 cm³/mol. The number of hydrogen-bond donors (Lipinski definition) is 0. The molecule has 0 radical (unpaired) electrons. The minimum absolute atomic E-state index is 0.210. The highest BCUT2D eigenvalue weighted by molar-refractivity contribution is 9.08. The van der Waals surface area contributed by atoms with Crippen LogP contribution in [0.2, 0.25) is 0 Å². The van der Waals surface area contributed by atoms with Crippen molar-refractivity contribution in [3.63, 3.8) is 0 Å². The molecule has 1 heterocycles. The Morgan fingerprint density at radius 3 is 2.29 bits per heavy atom. The quantitative estimate of drug-likeness (QED) is 0.265. The van der Waals surface area contributed by atoms with E-state index in [0.717, 1.165) is 11.1 Å². The number of aromatic nitrogens is 1. The Morgan fingerprint density at radius 1 is 0.971 bits per heavy atom. The molecule has 0 aliphatic carbocycles. The van der Waals surface area contributed by atoms with Crippen molar-refractivity contribution in [3.8, 4) is 22.8 Å². The standard InChI is InChI=1S/C26H27BrN2O4S/c1-28(2)15-16-33-26-23-17-21(32-3)11-14-24(23)29(25(26)20-7-5-4-6-8-20)34(30,31)22-12-9-19(18-27)10-13-22/h4-14,17H,15-16,18H2,1-3H3. The lowest BCUT2D eigenvalue weighted by Crippen LogP contribution is -2.19. The molecule has 0 atom stereocenters. The van der Waals surface area contributed by atoms with Crippen LogP contribution >= 0.6 is 15.9 Å². The summed E-state index contributed by atoms with van der Waals surface area (Å²) in [5.41, 5.74) is 2.77. The third-order valence-electron chi connectivity index (χ3n) is 5.53. The summed E-state index contributed by atoms with van der Waals surface area (Å²) in [6.45, 7) is 1.09. The van der Waals surface area contributed by atoms with E-state index in [4.69, 9.17) is 9.47 Å². The number of rotatable bonds is 9. The normalized spacial score (nSPS) is 11.8. The zero-order chi connectivity index (χ0) is 24.3. The lowest BCUT2D eigenvalue weighted by molar-refractivity contribution is 0.264. The van der Waals surface area contributed by atoms with Gasteiger partial charge in [-0.25, -0.2) is 12.4 Å². The lowest BCUT2D eigenvalue weighted by Gasteiger charge is -2.15. The third kappa shape index (κ3) is 4.71. The van der Waals surface area contributed by atoms with Gasteiger partial charge in [0, 0.05) is 22.8 Å². The molecule has 0 spiro atoms.